The van der Waals surface area contributed by atoms with Crippen molar-refractivity contribution >= 4 is 5.97 Å². The topological polar surface area (TPSA) is 135 Å². The van der Waals surface area contributed by atoms with E-state index in [9.17, 15) is 25.2 Å². The van der Waals surface area contributed by atoms with Crippen molar-refractivity contribution in [1.29, 1.82) is 0 Å². The zero-order valence-corrected chi connectivity index (χ0v) is 36.8. The van der Waals surface area contributed by atoms with Crippen molar-refractivity contribution in [2.24, 2.45) is 0 Å². The lowest BCUT2D eigenvalue weighted by Gasteiger charge is -2.39. The third kappa shape index (κ3) is 30.9. The highest BCUT2D eigenvalue weighted by Crippen LogP contribution is 2.22. The molecule has 1 saturated heterocycles. The molecule has 0 aliphatic carbocycles. The summed E-state index contributed by atoms with van der Waals surface area (Å²) in [7, 11) is 0. The Kier molecular flexibility index (Phi) is 37.5. The van der Waals surface area contributed by atoms with E-state index in [0.717, 1.165) is 77.0 Å². The number of carbonyl (C=O) groups is 1. The Labute approximate surface area is 354 Å². The summed E-state index contributed by atoms with van der Waals surface area (Å²) in [4.78, 5) is 12.8. The molecule has 1 heterocycles. The predicted molar refractivity (Wildman–Crippen MR) is 238 cm³/mol. The van der Waals surface area contributed by atoms with E-state index in [-0.39, 0.29) is 19.2 Å². The van der Waals surface area contributed by atoms with Crippen LogP contribution in [0.1, 0.15) is 181 Å². The van der Waals surface area contributed by atoms with Gasteiger partial charge in [-0.3, -0.25) is 4.79 Å². The van der Waals surface area contributed by atoms with Crippen LogP contribution in [0, 0.1) is 0 Å². The van der Waals surface area contributed by atoms with Gasteiger partial charge in [0.2, 0.25) is 0 Å². The number of ether oxygens (including phenoxy) is 4. The van der Waals surface area contributed by atoms with Crippen LogP contribution in [0.25, 0.3) is 0 Å². The second kappa shape index (κ2) is 40.3. The van der Waals surface area contributed by atoms with Crippen LogP contribution in [0.5, 0.6) is 0 Å². The van der Waals surface area contributed by atoms with Gasteiger partial charge in [0.05, 0.1) is 19.8 Å². The van der Waals surface area contributed by atoms with Gasteiger partial charge in [0.25, 0.3) is 0 Å². The average Bonchev–Trinajstić information content (AvgIpc) is 3.22. The third-order valence-corrected chi connectivity index (χ3v) is 10.4. The minimum Gasteiger partial charge on any atom is -0.457 e. The Morgan fingerprint density at radius 1 is 0.569 bits per heavy atom. The molecule has 6 atom stereocenters. The Hall–Kier alpha value is -2.11. The lowest BCUT2D eigenvalue weighted by Crippen LogP contribution is -2.59. The van der Waals surface area contributed by atoms with Crippen molar-refractivity contribution < 1.29 is 44.2 Å². The summed E-state index contributed by atoms with van der Waals surface area (Å²) >= 11 is 0. The molecule has 9 nitrogen and oxygen atoms in total. The van der Waals surface area contributed by atoms with Crippen molar-refractivity contribution in [1.82, 2.24) is 0 Å². The second-order valence-electron chi connectivity index (χ2n) is 15.8. The number of rotatable bonds is 39. The first kappa shape index (κ1) is 53.9. The monoisotopic (exact) mass is 819 g/mol. The minimum atomic E-state index is -1.54. The fraction of sp³-hybridized carbons (Fsp3) is 0.776. The molecule has 0 saturated carbocycles. The number of esters is 1. The van der Waals surface area contributed by atoms with Crippen LogP contribution in [0.3, 0.4) is 0 Å². The molecule has 0 aromatic rings. The van der Waals surface area contributed by atoms with Gasteiger partial charge in [-0.2, -0.15) is 0 Å². The first-order valence-electron chi connectivity index (χ1n) is 23.4. The van der Waals surface area contributed by atoms with E-state index in [1.54, 1.807) is 0 Å². The molecule has 336 valence electrons. The maximum Gasteiger partial charge on any atom is 0.306 e. The van der Waals surface area contributed by atoms with Crippen molar-refractivity contribution in [3.8, 4) is 0 Å². The Bertz CT molecular complexity index is 1070. The molecule has 1 fully saturated rings. The summed E-state index contributed by atoms with van der Waals surface area (Å²) in [6, 6.07) is 0. The Morgan fingerprint density at radius 2 is 1.05 bits per heavy atom. The minimum absolute atomic E-state index is 0.119. The summed E-state index contributed by atoms with van der Waals surface area (Å²) in [5, 5.41) is 40.1. The van der Waals surface area contributed by atoms with E-state index in [0.29, 0.717) is 13.0 Å². The maximum absolute atomic E-state index is 12.8. The average molecular weight is 819 g/mol. The summed E-state index contributed by atoms with van der Waals surface area (Å²) in [5.41, 5.74) is 0. The lowest BCUT2D eigenvalue weighted by atomic mass is 9.99. The fourth-order valence-corrected chi connectivity index (χ4v) is 6.76. The zero-order valence-electron chi connectivity index (χ0n) is 36.8. The van der Waals surface area contributed by atoms with Crippen molar-refractivity contribution in [3.63, 3.8) is 0 Å². The van der Waals surface area contributed by atoms with E-state index in [2.05, 4.69) is 74.6 Å². The molecular weight excluding hydrogens is 733 g/mol. The number of allylic oxidation sites excluding steroid dienone is 10. The number of aliphatic hydroxyl groups excluding tert-OH is 4. The maximum atomic E-state index is 12.8. The molecule has 4 N–H and O–H groups in total. The summed E-state index contributed by atoms with van der Waals surface area (Å²) in [5.74, 6) is -0.323. The van der Waals surface area contributed by atoms with Gasteiger partial charge in [-0.1, -0.05) is 164 Å². The van der Waals surface area contributed by atoms with Crippen molar-refractivity contribution in [2.75, 3.05) is 26.4 Å². The van der Waals surface area contributed by atoms with Crippen LogP contribution in [0.4, 0.5) is 0 Å². The number of hydrogen-bond donors (Lipinski definition) is 4. The van der Waals surface area contributed by atoms with Gasteiger partial charge in [-0.15, -0.1) is 0 Å². The molecule has 0 radical (unpaired) electrons. The molecule has 0 aromatic heterocycles. The van der Waals surface area contributed by atoms with Crippen LogP contribution in [0.15, 0.2) is 60.8 Å². The molecule has 0 amide bonds. The van der Waals surface area contributed by atoms with E-state index in [1.165, 1.54) is 83.5 Å². The van der Waals surface area contributed by atoms with Crippen LogP contribution in [0.2, 0.25) is 0 Å². The van der Waals surface area contributed by atoms with Gasteiger partial charge < -0.3 is 39.4 Å². The quantitative estimate of drug-likeness (QED) is 0.0272. The number of unbranched alkanes of at least 4 members (excludes halogenated alkanes) is 18. The van der Waals surface area contributed by atoms with Gasteiger partial charge in [0.15, 0.2) is 6.29 Å². The van der Waals surface area contributed by atoms with Crippen LogP contribution >= 0.6 is 0 Å². The lowest BCUT2D eigenvalue weighted by molar-refractivity contribution is -0.305. The molecule has 6 unspecified atom stereocenters. The number of carbonyl (C=O) groups excluding carboxylic acids is 1. The molecule has 58 heavy (non-hydrogen) atoms. The molecular formula is C49H86O9. The normalized spacial score (nSPS) is 20.8. The Balaban J connectivity index is 2.22. The molecule has 0 spiro atoms. The Morgan fingerprint density at radius 3 is 1.60 bits per heavy atom. The highest BCUT2D eigenvalue weighted by molar-refractivity contribution is 5.69. The summed E-state index contributed by atoms with van der Waals surface area (Å²) < 4.78 is 22.8. The summed E-state index contributed by atoms with van der Waals surface area (Å²) in [6.45, 7) is 4.39. The van der Waals surface area contributed by atoms with Crippen molar-refractivity contribution in [3.05, 3.63) is 60.8 Å². The highest BCUT2D eigenvalue weighted by atomic mass is 16.7. The molecule has 0 aromatic carbocycles. The molecule has 0 bridgehead atoms. The molecule has 1 aliphatic heterocycles. The largest absolute Gasteiger partial charge is 0.457 e. The molecule has 1 rings (SSSR count). The first-order chi connectivity index (χ1) is 28.4. The van der Waals surface area contributed by atoms with Crippen molar-refractivity contribution in [2.45, 2.75) is 218 Å². The van der Waals surface area contributed by atoms with Gasteiger partial charge in [0.1, 0.15) is 30.5 Å². The van der Waals surface area contributed by atoms with Gasteiger partial charge in [-0.25, -0.2) is 0 Å². The van der Waals surface area contributed by atoms with Gasteiger partial charge in [0, 0.05) is 13.0 Å². The van der Waals surface area contributed by atoms with Crippen LogP contribution in [-0.4, -0.2) is 89.6 Å². The van der Waals surface area contributed by atoms with E-state index >= 15 is 0 Å². The molecule has 9 heteroatoms. The van der Waals surface area contributed by atoms with Crippen LogP contribution < -0.4 is 0 Å². The molecule has 1 aliphatic rings. The summed E-state index contributed by atoms with van der Waals surface area (Å²) in [6.07, 6.45) is 43.9. The fourth-order valence-electron chi connectivity index (χ4n) is 6.76. The standard InChI is InChI=1S/C49H86O9/c1-3-5-7-9-11-13-15-17-18-19-20-21-22-23-24-25-26-27-28-30-32-34-36-38-45(51)57-43(42-56-49-48(54)47(53)46(52)44(40-50)58-49)41-55-39-37-35-33-31-29-16-14-12-10-8-6-4-2/h5,7,10-13,17-18,20-21,43-44,46-50,52-54H,3-4,6,8-9,14-16,19,22-42H2,1-2H3/b7-5-,12-10-,13-11-,18-17-,21-20-. The predicted octanol–water partition coefficient (Wildman–Crippen LogP) is 10.7. The van der Waals surface area contributed by atoms with Gasteiger partial charge in [-0.05, 0) is 70.6 Å². The third-order valence-electron chi connectivity index (χ3n) is 10.4. The SMILES string of the molecule is CC/C=C\C/C=C\C/C=C\C/C=C\CCCCCCCCCCCCC(=O)OC(COCCCCCCCC/C=C\CCCC)COC1OC(CO)C(O)C(O)C1O. The zero-order chi connectivity index (χ0) is 42.2. The highest BCUT2D eigenvalue weighted by Gasteiger charge is 2.44. The van der Waals surface area contributed by atoms with E-state index in [4.69, 9.17) is 18.9 Å². The number of hydrogen-bond acceptors (Lipinski definition) is 9. The second-order valence-corrected chi connectivity index (χ2v) is 15.8. The smallest absolute Gasteiger partial charge is 0.306 e. The van der Waals surface area contributed by atoms with Crippen LogP contribution in [-0.2, 0) is 23.7 Å². The number of aliphatic hydroxyl groups is 4. The van der Waals surface area contributed by atoms with Gasteiger partial charge >= 0.3 is 5.97 Å². The first-order valence-corrected chi connectivity index (χ1v) is 23.4. The van der Waals surface area contributed by atoms with E-state index < -0.39 is 43.4 Å². The van der Waals surface area contributed by atoms with E-state index in [1.807, 2.05) is 0 Å².